The maximum absolute atomic E-state index is 5.80. The van der Waals surface area contributed by atoms with Gasteiger partial charge in [0.05, 0.1) is 13.3 Å². The van der Waals surface area contributed by atoms with Crippen molar-refractivity contribution in [3.05, 3.63) is 47.8 Å². The fraction of sp³-hybridized carbons (Fsp3) is 0.312. The van der Waals surface area contributed by atoms with Gasteiger partial charge in [0.15, 0.2) is 11.5 Å². The van der Waals surface area contributed by atoms with Crippen LogP contribution >= 0.6 is 0 Å². The molecule has 1 aromatic carbocycles. The van der Waals surface area contributed by atoms with E-state index in [1.54, 1.807) is 13.3 Å². The Labute approximate surface area is 114 Å². The predicted molar refractivity (Wildman–Crippen MR) is 76.0 cm³/mol. The number of rotatable bonds is 5. The molecule has 3 heteroatoms. The summed E-state index contributed by atoms with van der Waals surface area (Å²) in [7, 11) is 1.66. The molecule has 0 amide bonds. The van der Waals surface area contributed by atoms with Crippen LogP contribution in [0.4, 0.5) is 0 Å². The fourth-order valence-electron chi connectivity index (χ4n) is 1.88. The van der Waals surface area contributed by atoms with Gasteiger partial charge in [-0.15, -0.1) is 0 Å². The van der Waals surface area contributed by atoms with E-state index in [1.807, 2.05) is 31.2 Å². The molecule has 0 spiro atoms. The lowest BCUT2D eigenvalue weighted by Crippen LogP contribution is -1.93. The third-order valence-corrected chi connectivity index (χ3v) is 2.88. The fourth-order valence-corrected chi connectivity index (χ4v) is 1.88. The van der Waals surface area contributed by atoms with Gasteiger partial charge in [-0.05, 0) is 43.2 Å². The van der Waals surface area contributed by atoms with E-state index in [0.29, 0.717) is 11.5 Å². The summed E-state index contributed by atoms with van der Waals surface area (Å²) in [5, 5.41) is 0. The molecule has 0 fully saturated rings. The summed E-state index contributed by atoms with van der Waals surface area (Å²) >= 11 is 0. The quantitative estimate of drug-likeness (QED) is 0.806. The number of benzene rings is 1. The average Bonchev–Trinajstić information content (AvgIpc) is 2.43. The highest BCUT2D eigenvalue weighted by Crippen LogP contribution is 2.32. The normalized spacial score (nSPS) is 10.3. The third kappa shape index (κ3) is 3.47. The van der Waals surface area contributed by atoms with Crippen LogP contribution in [0.1, 0.15) is 24.6 Å². The monoisotopic (exact) mass is 257 g/mol. The van der Waals surface area contributed by atoms with Crippen LogP contribution in [0.3, 0.4) is 0 Å². The Morgan fingerprint density at radius 3 is 2.58 bits per heavy atom. The molecular weight excluding hydrogens is 238 g/mol. The SMILES string of the molecule is CCCc1ccc(Oc2ccc(C)nc2)c(OC)c1. The van der Waals surface area contributed by atoms with Crippen molar-refractivity contribution >= 4 is 0 Å². The van der Waals surface area contributed by atoms with Gasteiger partial charge in [-0.1, -0.05) is 19.4 Å². The highest BCUT2D eigenvalue weighted by Gasteiger charge is 2.07. The van der Waals surface area contributed by atoms with E-state index in [2.05, 4.69) is 18.0 Å². The number of methoxy groups -OCH3 is 1. The molecule has 0 bridgehead atoms. The van der Waals surface area contributed by atoms with Gasteiger partial charge in [-0.25, -0.2) is 0 Å². The number of hydrogen-bond acceptors (Lipinski definition) is 3. The predicted octanol–water partition coefficient (Wildman–Crippen LogP) is 4.14. The lowest BCUT2D eigenvalue weighted by Gasteiger charge is -2.11. The minimum atomic E-state index is 0.715. The van der Waals surface area contributed by atoms with Crippen LogP contribution in [0.2, 0.25) is 0 Å². The van der Waals surface area contributed by atoms with Crippen LogP contribution in [-0.2, 0) is 6.42 Å². The minimum absolute atomic E-state index is 0.715. The number of aryl methyl sites for hydroxylation is 2. The van der Waals surface area contributed by atoms with E-state index in [9.17, 15) is 0 Å². The van der Waals surface area contributed by atoms with Gasteiger partial charge in [0.1, 0.15) is 5.75 Å². The molecule has 2 rings (SSSR count). The molecule has 19 heavy (non-hydrogen) atoms. The van der Waals surface area contributed by atoms with Crippen LogP contribution < -0.4 is 9.47 Å². The van der Waals surface area contributed by atoms with Crippen molar-refractivity contribution in [2.75, 3.05) is 7.11 Å². The van der Waals surface area contributed by atoms with Gasteiger partial charge < -0.3 is 9.47 Å². The van der Waals surface area contributed by atoms with Crippen LogP contribution in [0.5, 0.6) is 17.2 Å². The Hall–Kier alpha value is -2.03. The van der Waals surface area contributed by atoms with E-state index in [-0.39, 0.29) is 0 Å². The molecule has 0 aliphatic rings. The molecule has 3 nitrogen and oxygen atoms in total. The summed E-state index contributed by atoms with van der Waals surface area (Å²) in [6, 6.07) is 9.88. The number of aromatic nitrogens is 1. The van der Waals surface area contributed by atoms with Crippen LogP contribution in [0.15, 0.2) is 36.5 Å². The van der Waals surface area contributed by atoms with Crippen LogP contribution in [-0.4, -0.2) is 12.1 Å². The Kier molecular flexibility index (Phi) is 4.39. The Bertz CT molecular complexity index is 535. The maximum Gasteiger partial charge on any atom is 0.169 e. The summed E-state index contributed by atoms with van der Waals surface area (Å²) < 4.78 is 11.2. The number of pyridine rings is 1. The number of hydrogen-bond donors (Lipinski definition) is 0. The number of nitrogens with zero attached hydrogens (tertiary/aromatic N) is 1. The van der Waals surface area contributed by atoms with Crippen molar-refractivity contribution in [2.45, 2.75) is 26.7 Å². The summed E-state index contributed by atoms with van der Waals surface area (Å²) in [4.78, 5) is 4.21. The van der Waals surface area contributed by atoms with Crippen molar-refractivity contribution in [1.29, 1.82) is 0 Å². The highest BCUT2D eigenvalue weighted by molar-refractivity contribution is 5.45. The summed E-state index contributed by atoms with van der Waals surface area (Å²) in [5.74, 6) is 2.19. The molecule has 0 unspecified atom stereocenters. The molecule has 0 aliphatic carbocycles. The highest BCUT2D eigenvalue weighted by atomic mass is 16.5. The van der Waals surface area contributed by atoms with E-state index in [1.165, 1.54) is 5.56 Å². The second-order valence-corrected chi connectivity index (χ2v) is 4.47. The lowest BCUT2D eigenvalue weighted by atomic mass is 10.1. The molecule has 0 saturated carbocycles. The van der Waals surface area contributed by atoms with E-state index < -0.39 is 0 Å². The van der Waals surface area contributed by atoms with Gasteiger partial charge in [-0.2, -0.15) is 0 Å². The summed E-state index contributed by atoms with van der Waals surface area (Å²) in [5.41, 5.74) is 2.23. The van der Waals surface area contributed by atoms with Crippen molar-refractivity contribution in [3.8, 4) is 17.2 Å². The van der Waals surface area contributed by atoms with Gasteiger partial charge in [0.2, 0.25) is 0 Å². The topological polar surface area (TPSA) is 31.4 Å². The Morgan fingerprint density at radius 1 is 1.11 bits per heavy atom. The third-order valence-electron chi connectivity index (χ3n) is 2.88. The van der Waals surface area contributed by atoms with Crippen molar-refractivity contribution in [1.82, 2.24) is 4.98 Å². The second-order valence-electron chi connectivity index (χ2n) is 4.47. The van der Waals surface area contributed by atoms with Crippen molar-refractivity contribution in [2.24, 2.45) is 0 Å². The standard InChI is InChI=1S/C16H19NO2/c1-4-5-13-7-9-15(16(10-13)18-3)19-14-8-6-12(2)17-11-14/h6-11H,4-5H2,1-3H3. The molecular formula is C16H19NO2. The smallest absolute Gasteiger partial charge is 0.169 e. The Morgan fingerprint density at radius 2 is 1.95 bits per heavy atom. The van der Waals surface area contributed by atoms with Crippen LogP contribution in [0.25, 0.3) is 0 Å². The van der Waals surface area contributed by atoms with E-state index in [0.717, 1.165) is 24.3 Å². The molecule has 1 aromatic heterocycles. The average molecular weight is 257 g/mol. The van der Waals surface area contributed by atoms with Crippen molar-refractivity contribution in [3.63, 3.8) is 0 Å². The molecule has 0 aliphatic heterocycles. The van der Waals surface area contributed by atoms with E-state index >= 15 is 0 Å². The summed E-state index contributed by atoms with van der Waals surface area (Å²) in [6.45, 7) is 4.11. The van der Waals surface area contributed by atoms with Crippen molar-refractivity contribution < 1.29 is 9.47 Å². The minimum Gasteiger partial charge on any atom is -0.493 e. The molecule has 0 N–H and O–H groups in total. The molecule has 0 radical (unpaired) electrons. The Balaban J connectivity index is 2.21. The largest absolute Gasteiger partial charge is 0.493 e. The molecule has 1 heterocycles. The van der Waals surface area contributed by atoms with Crippen LogP contribution in [0, 0.1) is 6.92 Å². The summed E-state index contributed by atoms with van der Waals surface area (Å²) in [6.07, 6.45) is 3.88. The zero-order valence-corrected chi connectivity index (χ0v) is 11.6. The molecule has 2 aromatic rings. The van der Waals surface area contributed by atoms with Gasteiger partial charge in [0, 0.05) is 5.69 Å². The molecule has 0 atom stereocenters. The zero-order valence-electron chi connectivity index (χ0n) is 11.6. The molecule has 0 saturated heterocycles. The first-order valence-corrected chi connectivity index (χ1v) is 6.50. The first-order valence-electron chi connectivity index (χ1n) is 6.50. The first-order chi connectivity index (χ1) is 9.22. The second kappa shape index (κ2) is 6.23. The lowest BCUT2D eigenvalue weighted by molar-refractivity contribution is 0.378. The molecule has 100 valence electrons. The van der Waals surface area contributed by atoms with Gasteiger partial charge in [-0.3, -0.25) is 4.98 Å². The number of ether oxygens (including phenoxy) is 2. The zero-order chi connectivity index (χ0) is 13.7. The maximum atomic E-state index is 5.80. The first kappa shape index (κ1) is 13.4. The van der Waals surface area contributed by atoms with Gasteiger partial charge in [0.25, 0.3) is 0 Å². The van der Waals surface area contributed by atoms with E-state index in [4.69, 9.17) is 9.47 Å². The van der Waals surface area contributed by atoms with Gasteiger partial charge >= 0.3 is 0 Å².